The van der Waals surface area contributed by atoms with E-state index in [-0.39, 0.29) is 12.5 Å². The Morgan fingerprint density at radius 3 is 1.32 bits per heavy atom. The van der Waals surface area contributed by atoms with Crippen molar-refractivity contribution in [2.24, 2.45) is 0 Å². The number of hydrogen-bond donors (Lipinski definition) is 3. The summed E-state index contributed by atoms with van der Waals surface area (Å²) in [6, 6.07) is -0.641. The number of allylic oxidation sites excluding steroid dienone is 7. The fourth-order valence-electron chi connectivity index (χ4n) is 6.42. The summed E-state index contributed by atoms with van der Waals surface area (Å²) in [5, 5.41) is 23.0. The van der Waals surface area contributed by atoms with Crippen molar-refractivity contribution in [2.45, 2.75) is 231 Å². The summed E-state index contributed by atoms with van der Waals surface area (Å²) in [6.07, 6.45) is 56.4. The molecule has 2 unspecified atom stereocenters. The summed E-state index contributed by atoms with van der Waals surface area (Å²) >= 11 is 0. The van der Waals surface area contributed by atoms with E-state index in [0.29, 0.717) is 6.42 Å². The Hall–Kier alpha value is -1.65. The standard InChI is InChI=1S/C46H85NO3/c1-3-5-7-9-11-13-15-17-19-21-23-25-27-29-31-33-35-37-39-41-45(49)44(43-48)47-46(50)42-40-38-36-34-32-30-28-26-24-22-20-18-16-14-12-10-8-6-4-2/h12,14,16,18,31,33,39,41,44-45,48-49H,3-11,13,15,17,19-30,32,34-38,40,42-43H2,1-2H3,(H,47,50)/b14-12-,18-16-,33-31+,41-39+. The predicted molar refractivity (Wildman–Crippen MR) is 221 cm³/mol. The van der Waals surface area contributed by atoms with Gasteiger partial charge in [-0.1, -0.05) is 204 Å². The van der Waals surface area contributed by atoms with Crippen molar-refractivity contribution in [3.05, 3.63) is 48.6 Å². The smallest absolute Gasteiger partial charge is 0.220 e. The molecule has 0 spiro atoms. The molecular weight excluding hydrogens is 615 g/mol. The van der Waals surface area contributed by atoms with Crippen LogP contribution in [0.1, 0.15) is 219 Å². The van der Waals surface area contributed by atoms with Crippen LogP contribution in [0.15, 0.2) is 48.6 Å². The fraction of sp³-hybridized carbons (Fsp3) is 0.804. The highest BCUT2D eigenvalue weighted by Crippen LogP contribution is 2.14. The highest BCUT2D eigenvalue weighted by Gasteiger charge is 2.17. The molecule has 4 heteroatoms. The van der Waals surface area contributed by atoms with E-state index in [1.807, 2.05) is 6.08 Å². The summed E-state index contributed by atoms with van der Waals surface area (Å²) in [6.45, 7) is 4.27. The molecule has 4 nitrogen and oxygen atoms in total. The van der Waals surface area contributed by atoms with E-state index in [9.17, 15) is 15.0 Å². The van der Waals surface area contributed by atoms with Crippen LogP contribution in [-0.2, 0) is 4.79 Å². The van der Waals surface area contributed by atoms with Gasteiger partial charge in [0.15, 0.2) is 0 Å². The number of carbonyl (C=O) groups excluding carboxylic acids is 1. The molecule has 292 valence electrons. The van der Waals surface area contributed by atoms with Gasteiger partial charge in [0.05, 0.1) is 18.8 Å². The highest BCUT2D eigenvalue weighted by atomic mass is 16.3. The molecular formula is C46H85NO3. The molecule has 0 aromatic heterocycles. The maximum Gasteiger partial charge on any atom is 0.220 e. The average molecular weight is 700 g/mol. The summed E-state index contributed by atoms with van der Waals surface area (Å²) in [4.78, 5) is 12.4. The number of hydrogen-bond acceptors (Lipinski definition) is 3. The largest absolute Gasteiger partial charge is 0.394 e. The van der Waals surface area contributed by atoms with Crippen molar-refractivity contribution in [1.82, 2.24) is 5.32 Å². The quantitative estimate of drug-likeness (QED) is 0.0340. The number of unbranched alkanes of at least 4 members (excludes halogenated alkanes) is 27. The van der Waals surface area contributed by atoms with Crippen molar-refractivity contribution in [3.63, 3.8) is 0 Å². The maximum absolute atomic E-state index is 12.4. The molecule has 0 bridgehead atoms. The zero-order chi connectivity index (χ0) is 36.4. The zero-order valence-corrected chi connectivity index (χ0v) is 33.4. The van der Waals surface area contributed by atoms with Gasteiger partial charge < -0.3 is 15.5 Å². The highest BCUT2D eigenvalue weighted by molar-refractivity contribution is 5.76. The second-order valence-electron chi connectivity index (χ2n) is 14.8. The zero-order valence-electron chi connectivity index (χ0n) is 33.4. The van der Waals surface area contributed by atoms with Gasteiger partial charge in [0.25, 0.3) is 0 Å². The SMILES string of the molecule is CCCCC/C=C\C=C/CCCCCCCCCCCCC(=O)NC(CO)C(O)/C=C/CC/C=C/CCCCCCCCCCCCCCC. The third kappa shape index (κ3) is 37.6. The number of carbonyl (C=O) groups is 1. The van der Waals surface area contributed by atoms with Crippen LogP contribution in [0, 0.1) is 0 Å². The van der Waals surface area contributed by atoms with E-state index in [2.05, 4.69) is 55.6 Å². The molecule has 2 atom stereocenters. The maximum atomic E-state index is 12.4. The number of nitrogens with one attached hydrogen (secondary N) is 1. The van der Waals surface area contributed by atoms with Crippen molar-refractivity contribution in [2.75, 3.05) is 6.61 Å². The van der Waals surface area contributed by atoms with Crippen molar-refractivity contribution in [3.8, 4) is 0 Å². The average Bonchev–Trinajstić information content (AvgIpc) is 3.12. The Morgan fingerprint density at radius 2 is 0.840 bits per heavy atom. The molecule has 0 aliphatic carbocycles. The van der Waals surface area contributed by atoms with Crippen LogP contribution < -0.4 is 5.32 Å². The molecule has 0 rings (SSSR count). The Balaban J connectivity index is 3.62. The molecule has 50 heavy (non-hydrogen) atoms. The first kappa shape index (κ1) is 48.3. The Labute approximate surface area is 312 Å². The summed E-state index contributed by atoms with van der Waals surface area (Å²) < 4.78 is 0. The van der Waals surface area contributed by atoms with E-state index in [0.717, 1.165) is 32.1 Å². The van der Waals surface area contributed by atoms with Crippen LogP contribution in [0.4, 0.5) is 0 Å². The van der Waals surface area contributed by atoms with Crippen LogP contribution in [-0.4, -0.2) is 34.9 Å². The Bertz CT molecular complexity index is 801. The van der Waals surface area contributed by atoms with Gasteiger partial charge in [-0.05, 0) is 57.8 Å². The van der Waals surface area contributed by atoms with Gasteiger partial charge in [-0.15, -0.1) is 0 Å². The van der Waals surface area contributed by atoms with Gasteiger partial charge in [0.2, 0.25) is 5.91 Å². The lowest BCUT2D eigenvalue weighted by atomic mass is 10.0. The molecule has 0 aliphatic heterocycles. The molecule has 3 N–H and O–H groups in total. The van der Waals surface area contributed by atoms with Gasteiger partial charge in [-0.2, -0.15) is 0 Å². The molecule has 0 aliphatic rings. The molecule has 1 amide bonds. The number of aliphatic hydroxyl groups excluding tert-OH is 2. The second kappa shape index (κ2) is 41.8. The van der Waals surface area contributed by atoms with Crippen molar-refractivity contribution >= 4 is 5.91 Å². The molecule has 0 saturated heterocycles. The van der Waals surface area contributed by atoms with E-state index in [4.69, 9.17) is 0 Å². The van der Waals surface area contributed by atoms with Crippen LogP contribution in [0.5, 0.6) is 0 Å². The predicted octanol–water partition coefficient (Wildman–Crippen LogP) is 13.6. The Morgan fingerprint density at radius 1 is 0.480 bits per heavy atom. The third-order valence-electron chi connectivity index (χ3n) is 9.81. The first-order valence-corrected chi connectivity index (χ1v) is 21.9. The van der Waals surface area contributed by atoms with E-state index in [1.165, 1.54) is 167 Å². The molecule has 0 radical (unpaired) electrons. The number of rotatable bonds is 39. The van der Waals surface area contributed by atoms with E-state index < -0.39 is 12.1 Å². The normalized spacial score (nSPS) is 13.4. The van der Waals surface area contributed by atoms with Crippen molar-refractivity contribution < 1.29 is 15.0 Å². The lowest BCUT2D eigenvalue weighted by molar-refractivity contribution is -0.123. The van der Waals surface area contributed by atoms with Crippen molar-refractivity contribution in [1.29, 1.82) is 0 Å². The minimum absolute atomic E-state index is 0.0783. The fourth-order valence-corrected chi connectivity index (χ4v) is 6.42. The second-order valence-corrected chi connectivity index (χ2v) is 14.8. The topological polar surface area (TPSA) is 69.6 Å². The summed E-state index contributed by atoms with van der Waals surface area (Å²) in [5.74, 6) is -0.0783. The molecule has 0 heterocycles. The molecule has 0 saturated carbocycles. The lowest BCUT2D eigenvalue weighted by Gasteiger charge is -2.19. The summed E-state index contributed by atoms with van der Waals surface area (Å²) in [7, 11) is 0. The summed E-state index contributed by atoms with van der Waals surface area (Å²) in [5.41, 5.74) is 0. The van der Waals surface area contributed by atoms with E-state index in [1.54, 1.807) is 6.08 Å². The lowest BCUT2D eigenvalue weighted by Crippen LogP contribution is -2.45. The van der Waals surface area contributed by atoms with Crippen LogP contribution in [0.25, 0.3) is 0 Å². The minimum Gasteiger partial charge on any atom is -0.394 e. The minimum atomic E-state index is -0.863. The van der Waals surface area contributed by atoms with Gasteiger partial charge in [0, 0.05) is 6.42 Å². The number of aliphatic hydroxyl groups is 2. The van der Waals surface area contributed by atoms with Crippen LogP contribution in [0.2, 0.25) is 0 Å². The van der Waals surface area contributed by atoms with Gasteiger partial charge in [-0.25, -0.2) is 0 Å². The van der Waals surface area contributed by atoms with Gasteiger partial charge in [-0.3, -0.25) is 4.79 Å². The molecule has 0 aromatic carbocycles. The third-order valence-corrected chi connectivity index (χ3v) is 9.81. The molecule has 0 fully saturated rings. The first-order valence-electron chi connectivity index (χ1n) is 21.9. The Kier molecular flexibility index (Phi) is 40.4. The van der Waals surface area contributed by atoms with E-state index >= 15 is 0 Å². The first-order chi connectivity index (χ1) is 24.7. The monoisotopic (exact) mass is 700 g/mol. The van der Waals surface area contributed by atoms with Crippen LogP contribution in [0.3, 0.4) is 0 Å². The van der Waals surface area contributed by atoms with Crippen LogP contribution >= 0.6 is 0 Å². The van der Waals surface area contributed by atoms with Gasteiger partial charge >= 0.3 is 0 Å². The molecule has 0 aromatic rings. The van der Waals surface area contributed by atoms with Gasteiger partial charge in [0.1, 0.15) is 0 Å². The number of amides is 1.